The molecule has 2 aromatic carbocycles. The van der Waals surface area contributed by atoms with Crippen molar-refractivity contribution in [2.24, 2.45) is 5.10 Å². The van der Waals surface area contributed by atoms with Gasteiger partial charge in [0.1, 0.15) is 5.75 Å². The first kappa shape index (κ1) is 16.2. The van der Waals surface area contributed by atoms with Crippen LogP contribution in [0.3, 0.4) is 0 Å². The van der Waals surface area contributed by atoms with Crippen molar-refractivity contribution in [2.45, 2.75) is 6.92 Å². The van der Waals surface area contributed by atoms with Gasteiger partial charge in [0.25, 0.3) is 0 Å². The first-order chi connectivity index (χ1) is 9.88. The molecular formula is C14H10Cl4N2O. The molecule has 21 heavy (non-hydrogen) atoms. The fourth-order valence-electron chi connectivity index (χ4n) is 1.65. The lowest BCUT2D eigenvalue weighted by Crippen LogP contribution is -2.01. The number of hydrogen-bond donors (Lipinski definition) is 2. The molecule has 0 unspecified atom stereocenters. The average Bonchev–Trinajstić information content (AvgIpc) is 2.40. The highest BCUT2D eigenvalue weighted by atomic mass is 35.5. The van der Waals surface area contributed by atoms with Crippen LogP contribution in [-0.4, -0.2) is 10.8 Å². The summed E-state index contributed by atoms with van der Waals surface area (Å²) >= 11 is 23.8. The summed E-state index contributed by atoms with van der Waals surface area (Å²) in [6.07, 6.45) is 0. The van der Waals surface area contributed by atoms with Crippen LogP contribution in [0.1, 0.15) is 12.5 Å². The number of phenols is 1. The summed E-state index contributed by atoms with van der Waals surface area (Å²) in [5.74, 6) is 0.0794. The number of hydrogen-bond acceptors (Lipinski definition) is 3. The zero-order chi connectivity index (χ0) is 15.6. The van der Waals surface area contributed by atoms with Crippen LogP contribution in [0.15, 0.2) is 35.4 Å². The van der Waals surface area contributed by atoms with Gasteiger partial charge in [0, 0.05) is 15.6 Å². The van der Waals surface area contributed by atoms with Crippen molar-refractivity contribution in [1.82, 2.24) is 0 Å². The number of phenolic OH excluding ortho intramolecular Hbond substituents is 1. The Balaban J connectivity index is 2.31. The van der Waals surface area contributed by atoms with Crippen LogP contribution in [0.4, 0.5) is 5.69 Å². The van der Waals surface area contributed by atoms with E-state index >= 15 is 0 Å². The molecule has 0 amide bonds. The number of rotatable bonds is 3. The minimum absolute atomic E-state index is 0.0794. The van der Waals surface area contributed by atoms with Gasteiger partial charge in [-0.25, -0.2) is 0 Å². The minimum Gasteiger partial charge on any atom is -0.507 e. The predicted octanol–water partition coefficient (Wildman–Crippen LogP) is 5.84. The van der Waals surface area contributed by atoms with E-state index in [4.69, 9.17) is 46.4 Å². The molecule has 0 aliphatic rings. The van der Waals surface area contributed by atoms with Crippen molar-refractivity contribution >= 4 is 57.8 Å². The van der Waals surface area contributed by atoms with E-state index < -0.39 is 0 Å². The van der Waals surface area contributed by atoms with E-state index in [1.54, 1.807) is 31.2 Å². The molecule has 0 aliphatic carbocycles. The summed E-state index contributed by atoms with van der Waals surface area (Å²) in [6.45, 7) is 1.72. The quantitative estimate of drug-likeness (QED) is 0.531. The molecule has 2 N–H and O–H groups in total. The zero-order valence-electron chi connectivity index (χ0n) is 10.8. The molecule has 0 aromatic heterocycles. The predicted molar refractivity (Wildman–Crippen MR) is 90.4 cm³/mol. The fourth-order valence-corrected chi connectivity index (χ4v) is 2.72. The van der Waals surface area contributed by atoms with Gasteiger partial charge in [0.2, 0.25) is 0 Å². The standard InChI is InChI=1S/C14H10Cl4N2O/c1-7(10-4-8(15)2-3-13(10)21)19-20-14-11(17)5-9(16)6-12(14)18/h2-6,20-21H,1H3/b19-7-. The molecule has 0 saturated carbocycles. The second-order valence-electron chi connectivity index (χ2n) is 4.21. The molecule has 7 heteroatoms. The van der Waals surface area contributed by atoms with Gasteiger partial charge in [0.05, 0.1) is 21.4 Å². The Morgan fingerprint density at radius 1 is 1.00 bits per heavy atom. The van der Waals surface area contributed by atoms with E-state index in [1.165, 1.54) is 6.07 Å². The minimum atomic E-state index is 0.0794. The summed E-state index contributed by atoms with van der Waals surface area (Å²) < 4.78 is 0. The maximum atomic E-state index is 9.81. The summed E-state index contributed by atoms with van der Waals surface area (Å²) in [4.78, 5) is 0. The molecule has 3 nitrogen and oxygen atoms in total. The van der Waals surface area contributed by atoms with Crippen LogP contribution in [0.2, 0.25) is 20.1 Å². The SMILES string of the molecule is C/C(=N/Nc1c(Cl)cc(Cl)cc1Cl)c1cc(Cl)ccc1O. The smallest absolute Gasteiger partial charge is 0.124 e. The van der Waals surface area contributed by atoms with Crippen LogP contribution < -0.4 is 5.43 Å². The highest BCUT2D eigenvalue weighted by molar-refractivity contribution is 6.41. The van der Waals surface area contributed by atoms with E-state index in [1.807, 2.05) is 0 Å². The van der Waals surface area contributed by atoms with Crippen LogP contribution in [0.25, 0.3) is 0 Å². The maximum Gasteiger partial charge on any atom is 0.124 e. The van der Waals surface area contributed by atoms with E-state index in [0.29, 0.717) is 37.1 Å². The van der Waals surface area contributed by atoms with Gasteiger partial charge in [-0.2, -0.15) is 5.10 Å². The van der Waals surface area contributed by atoms with E-state index in [2.05, 4.69) is 10.5 Å². The summed E-state index contributed by atoms with van der Waals surface area (Å²) in [7, 11) is 0. The van der Waals surface area contributed by atoms with Gasteiger partial charge in [0.15, 0.2) is 0 Å². The zero-order valence-corrected chi connectivity index (χ0v) is 13.8. The van der Waals surface area contributed by atoms with Gasteiger partial charge in [-0.1, -0.05) is 46.4 Å². The lowest BCUT2D eigenvalue weighted by molar-refractivity contribution is 0.474. The van der Waals surface area contributed by atoms with E-state index in [9.17, 15) is 5.11 Å². The van der Waals surface area contributed by atoms with Gasteiger partial charge in [-0.3, -0.25) is 5.43 Å². The number of benzene rings is 2. The molecular weight excluding hydrogens is 354 g/mol. The molecule has 0 bridgehead atoms. The molecule has 0 fully saturated rings. The van der Waals surface area contributed by atoms with Crippen LogP contribution >= 0.6 is 46.4 Å². The van der Waals surface area contributed by atoms with Crippen molar-refractivity contribution in [3.05, 3.63) is 56.0 Å². The molecule has 110 valence electrons. The molecule has 0 spiro atoms. The Kier molecular flexibility index (Phi) is 5.22. The van der Waals surface area contributed by atoms with E-state index in [0.717, 1.165) is 0 Å². The third-order valence-corrected chi connectivity index (χ3v) is 3.74. The molecule has 2 aromatic rings. The molecule has 0 radical (unpaired) electrons. The highest BCUT2D eigenvalue weighted by Gasteiger charge is 2.09. The van der Waals surface area contributed by atoms with Crippen LogP contribution in [0.5, 0.6) is 5.75 Å². The topological polar surface area (TPSA) is 44.6 Å². The van der Waals surface area contributed by atoms with Crippen molar-refractivity contribution in [1.29, 1.82) is 0 Å². The van der Waals surface area contributed by atoms with Crippen molar-refractivity contribution < 1.29 is 5.11 Å². The maximum absolute atomic E-state index is 9.81. The third-order valence-electron chi connectivity index (χ3n) is 2.69. The average molecular weight is 364 g/mol. The number of nitrogens with zero attached hydrogens (tertiary/aromatic N) is 1. The lowest BCUT2D eigenvalue weighted by Gasteiger charge is -2.09. The Morgan fingerprint density at radius 2 is 1.62 bits per heavy atom. The molecule has 0 heterocycles. The molecule has 2 rings (SSSR count). The normalized spacial score (nSPS) is 11.6. The number of anilines is 1. The van der Waals surface area contributed by atoms with Crippen molar-refractivity contribution in [2.75, 3.05) is 5.43 Å². The Hall–Kier alpha value is -1.13. The van der Waals surface area contributed by atoms with Gasteiger partial charge < -0.3 is 5.11 Å². The number of hydrazone groups is 1. The monoisotopic (exact) mass is 362 g/mol. The molecule has 0 aliphatic heterocycles. The second-order valence-corrected chi connectivity index (χ2v) is 5.90. The molecule has 0 saturated heterocycles. The number of halogens is 4. The van der Waals surface area contributed by atoms with E-state index in [-0.39, 0.29) is 5.75 Å². The fraction of sp³-hybridized carbons (Fsp3) is 0.0714. The van der Waals surface area contributed by atoms with Crippen LogP contribution in [-0.2, 0) is 0 Å². The van der Waals surface area contributed by atoms with Crippen molar-refractivity contribution in [3.63, 3.8) is 0 Å². The Morgan fingerprint density at radius 3 is 2.24 bits per heavy atom. The summed E-state index contributed by atoms with van der Waals surface area (Å²) in [5.41, 5.74) is 4.23. The van der Waals surface area contributed by atoms with Gasteiger partial charge >= 0.3 is 0 Å². The first-order valence-electron chi connectivity index (χ1n) is 5.82. The third kappa shape index (κ3) is 3.95. The van der Waals surface area contributed by atoms with Gasteiger partial charge in [-0.15, -0.1) is 0 Å². The number of nitrogens with one attached hydrogen (secondary N) is 1. The second kappa shape index (κ2) is 6.75. The van der Waals surface area contributed by atoms with Crippen molar-refractivity contribution in [3.8, 4) is 5.75 Å². The highest BCUT2D eigenvalue weighted by Crippen LogP contribution is 2.33. The molecule has 0 atom stereocenters. The Labute approximate surface area is 142 Å². The summed E-state index contributed by atoms with van der Waals surface area (Å²) in [6, 6.07) is 7.81. The largest absolute Gasteiger partial charge is 0.507 e. The van der Waals surface area contributed by atoms with Crippen LogP contribution in [0, 0.1) is 0 Å². The summed E-state index contributed by atoms with van der Waals surface area (Å²) in [5, 5.41) is 15.6. The lowest BCUT2D eigenvalue weighted by atomic mass is 10.1. The number of aromatic hydroxyl groups is 1. The first-order valence-corrected chi connectivity index (χ1v) is 7.33. The Bertz CT molecular complexity index is 693. The van der Waals surface area contributed by atoms with Gasteiger partial charge in [-0.05, 0) is 37.3 Å².